The minimum absolute atomic E-state index is 0.740. The van der Waals surface area contributed by atoms with E-state index in [1.807, 2.05) is 60.7 Å². The normalized spacial score (nSPS) is 10.5. The number of hydrogen-bond donors (Lipinski definition) is 0. The highest BCUT2D eigenvalue weighted by molar-refractivity contribution is 6.33. The Morgan fingerprint density at radius 3 is 1.70 bits per heavy atom. The van der Waals surface area contributed by atoms with Crippen molar-refractivity contribution in [2.75, 3.05) is 0 Å². The average molecular weight is 299 g/mol. The van der Waals surface area contributed by atoms with E-state index in [4.69, 9.17) is 23.2 Å². The lowest BCUT2D eigenvalue weighted by atomic mass is 9.95. The molecule has 0 heterocycles. The van der Waals surface area contributed by atoms with Gasteiger partial charge in [0.25, 0.3) is 0 Å². The van der Waals surface area contributed by atoms with Gasteiger partial charge < -0.3 is 0 Å². The van der Waals surface area contributed by atoms with Gasteiger partial charge in [0.05, 0.1) is 0 Å². The third-order valence-electron chi connectivity index (χ3n) is 3.25. The molecular weight excluding hydrogens is 287 g/mol. The molecule has 0 aliphatic heterocycles. The molecule has 3 aromatic carbocycles. The third kappa shape index (κ3) is 2.58. The van der Waals surface area contributed by atoms with Crippen LogP contribution < -0.4 is 0 Å². The summed E-state index contributed by atoms with van der Waals surface area (Å²) in [5, 5.41) is 1.50. The Balaban J connectivity index is 2.19. The molecule has 0 N–H and O–H groups in total. The molecular formula is C18H12Cl2. The lowest BCUT2D eigenvalue weighted by Gasteiger charge is -2.11. The molecule has 0 unspecified atom stereocenters. The first-order valence-electron chi connectivity index (χ1n) is 6.35. The van der Waals surface area contributed by atoms with Crippen molar-refractivity contribution < 1.29 is 0 Å². The highest BCUT2D eigenvalue weighted by Crippen LogP contribution is 2.35. The summed E-state index contributed by atoms with van der Waals surface area (Å²) in [7, 11) is 0. The summed E-state index contributed by atoms with van der Waals surface area (Å²) in [6.07, 6.45) is 0. The van der Waals surface area contributed by atoms with E-state index in [0.29, 0.717) is 0 Å². The van der Waals surface area contributed by atoms with Crippen LogP contribution in [0.2, 0.25) is 10.0 Å². The van der Waals surface area contributed by atoms with Gasteiger partial charge in [-0.1, -0.05) is 77.8 Å². The van der Waals surface area contributed by atoms with Crippen molar-refractivity contribution in [3.63, 3.8) is 0 Å². The maximum Gasteiger partial charge on any atom is 0.0484 e. The summed E-state index contributed by atoms with van der Waals surface area (Å²) in [4.78, 5) is 0. The largest absolute Gasteiger partial charge is 0.0843 e. The molecule has 0 bridgehead atoms. The third-order valence-corrected chi connectivity index (χ3v) is 3.83. The van der Waals surface area contributed by atoms with Crippen molar-refractivity contribution >= 4 is 23.2 Å². The van der Waals surface area contributed by atoms with Crippen molar-refractivity contribution in [3.8, 4) is 22.3 Å². The number of rotatable bonds is 2. The zero-order valence-corrected chi connectivity index (χ0v) is 12.2. The van der Waals surface area contributed by atoms with Gasteiger partial charge in [0.2, 0.25) is 0 Å². The first-order valence-corrected chi connectivity index (χ1v) is 7.11. The van der Waals surface area contributed by atoms with Crippen molar-refractivity contribution in [1.29, 1.82) is 0 Å². The summed E-state index contributed by atoms with van der Waals surface area (Å²) in [6.45, 7) is 0. The second kappa shape index (κ2) is 5.70. The van der Waals surface area contributed by atoms with E-state index in [0.717, 1.165) is 32.3 Å². The molecule has 0 aliphatic carbocycles. The Kier molecular flexibility index (Phi) is 3.77. The molecule has 3 aromatic rings. The Labute approximate surface area is 128 Å². The molecule has 0 fully saturated rings. The van der Waals surface area contributed by atoms with Crippen molar-refractivity contribution in [2.24, 2.45) is 0 Å². The maximum absolute atomic E-state index is 6.32. The fraction of sp³-hybridized carbons (Fsp3) is 0. The van der Waals surface area contributed by atoms with Gasteiger partial charge in [0.1, 0.15) is 0 Å². The fourth-order valence-electron chi connectivity index (χ4n) is 2.28. The standard InChI is InChI=1S/C18H12Cl2/c19-14-11-9-13(10-12-14)15-5-1-2-6-16(15)17-7-3-4-8-18(17)20/h1-12H. The van der Waals surface area contributed by atoms with Gasteiger partial charge in [-0.3, -0.25) is 0 Å². The monoisotopic (exact) mass is 298 g/mol. The minimum Gasteiger partial charge on any atom is -0.0843 e. The highest BCUT2D eigenvalue weighted by atomic mass is 35.5. The zero-order valence-electron chi connectivity index (χ0n) is 10.7. The second-order valence-electron chi connectivity index (χ2n) is 4.53. The first-order chi connectivity index (χ1) is 9.75. The van der Waals surface area contributed by atoms with E-state index in [1.165, 1.54) is 0 Å². The molecule has 0 saturated carbocycles. The SMILES string of the molecule is Clc1ccc(-c2ccccc2-c2ccccc2Cl)cc1. The predicted octanol–water partition coefficient (Wildman–Crippen LogP) is 6.33. The van der Waals surface area contributed by atoms with Crippen LogP contribution in [0.15, 0.2) is 72.8 Å². The van der Waals surface area contributed by atoms with Crippen LogP contribution in [0.1, 0.15) is 0 Å². The van der Waals surface area contributed by atoms with E-state index in [9.17, 15) is 0 Å². The molecule has 0 saturated heterocycles. The molecule has 0 aromatic heterocycles. The lowest BCUT2D eigenvalue weighted by Crippen LogP contribution is -1.85. The van der Waals surface area contributed by atoms with Crippen LogP contribution in [0.5, 0.6) is 0 Å². The highest BCUT2D eigenvalue weighted by Gasteiger charge is 2.09. The Bertz CT molecular complexity index is 730. The van der Waals surface area contributed by atoms with E-state index in [-0.39, 0.29) is 0 Å². The quantitative estimate of drug-likeness (QED) is 0.519. The van der Waals surface area contributed by atoms with Gasteiger partial charge in [0, 0.05) is 15.6 Å². The predicted molar refractivity (Wildman–Crippen MR) is 87.3 cm³/mol. The second-order valence-corrected chi connectivity index (χ2v) is 5.38. The molecule has 0 aliphatic rings. The van der Waals surface area contributed by atoms with E-state index >= 15 is 0 Å². The van der Waals surface area contributed by atoms with Gasteiger partial charge in [-0.05, 0) is 34.9 Å². The molecule has 0 atom stereocenters. The summed E-state index contributed by atoms with van der Waals surface area (Å²) < 4.78 is 0. The van der Waals surface area contributed by atoms with Gasteiger partial charge in [-0.2, -0.15) is 0 Å². The van der Waals surface area contributed by atoms with Crippen molar-refractivity contribution in [3.05, 3.63) is 82.8 Å². The molecule has 3 rings (SSSR count). The summed E-state index contributed by atoms with van der Waals surface area (Å²) in [6, 6.07) is 24.0. The Hall–Kier alpha value is -1.76. The van der Waals surface area contributed by atoms with Crippen LogP contribution in [0.25, 0.3) is 22.3 Å². The molecule has 2 heteroatoms. The number of halogens is 2. The first kappa shape index (κ1) is 13.2. The van der Waals surface area contributed by atoms with E-state index in [1.54, 1.807) is 0 Å². The van der Waals surface area contributed by atoms with Gasteiger partial charge in [-0.25, -0.2) is 0 Å². The van der Waals surface area contributed by atoms with Gasteiger partial charge in [-0.15, -0.1) is 0 Å². The molecule has 0 nitrogen and oxygen atoms in total. The topological polar surface area (TPSA) is 0 Å². The molecule has 0 radical (unpaired) electrons. The van der Waals surface area contributed by atoms with Crippen LogP contribution >= 0.6 is 23.2 Å². The van der Waals surface area contributed by atoms with Gasteiger partial charge in [0.15, 0.2) is 0 Å². The van der Waals surface area contributed by atoms with E-state index in [2.05, 4.69) is 12.1 Å². The molecule has 20 heavy (non-hydrogen) atoms. The van der Waals surface area contributed by atoms with Crippen LogP contribution in [0.4, 0.5) is 0 Å². The molecule has 0 spiro atoms. The zero-order chi connectivity index (χ0) is 13.9. The van der Waals surface area contributed by atoms with Crippen LogP contribution in [0.3, 0.4) is 0 Å². The van der Waals surface area contributed by atoms with Crippen molar-refractivity contribution in [2.45, 2.75) is 0 Å². The van der Waals surface area contributed by atoms with Crippen LogP contribution in [0, 0.1) is 0 Å². The average Bonchev–Trinajstić information content (AvgIpc) is 2.49. The lowest BCUT2D eigenvalue weighted by molar-refractivity contribution is 1.58. The van der Waals surface area contributed by atoms with Crippen LogP contribution in [-0.2, 0) is 0 Å². The smallest absolute Gasteiger partial charge is 0.0484 e. The maximum atomic E-state index is 6.32. The van der Waals surface area contributed by atoms with Gasteiger partial charge >= 0.3 is 0 Å². The molecule has 0 amide bonds. The summed E-state index contributed by atoms with van der Waals surface area (Å²) in [5.74, 6) is 0. The minimum atomic E-state index is 0.740. The number of benzene rings is 3. The summed E-state index contributed by atoms with van der Waals surface area (Å²) in [5.41, 5.74) is 4.45. The van der Waals surface area contributed by atoms with E-state index < -0.39 is 0 Å². The van der Waals surface area contributed by atoms with Crippen molar-refractivity contribution in [1.82, 2.24) is 0 Å². The summed E-state index contributed by atoms with van der Waals surface area (Å²) >= 11 is 12.3. The Morgan fingerprint density at radius 1 is 0.500 bits per heavy atom. The number of hydrogen-bond acceptors (Lipinski definition) is 0. The fourth-order valence-corrected chi connectivity index (χ4v) is 2.64. The molecule has 98 valence electrons. The van der Waals surface area contributed by atoms with Crippen LogP contribution in [-0.4, -0.2) is 0 Å². The Morgan fingerprint density at radius 2 is 1.05 bits per heavy atom.